The van der Waals surface area contributed by atoms with Crippen LogP contribution in [-0.2, 0) is 11.2 Å². The van der Waals surface area contributed by atoms with E-state index in [2.05, 4.69) is 15.6 Å². The lowest BCUT2D eigenvalue weighted by Crippen LogP contribution is -2.32. The minimum atomic E-state index is -0.202. The number of carbonyl (C=O) groups excluding carboxylic acids is 1. The summed E-state index contributed by atoms with van der Waals surface area (Å²) in [4.78, 5) is 17.3. The first-order chi connectivity index (χ1) is 8.72. The van der Waals surface area contributed by atoms with Crippen LogP contribution in [0, 0.1) is 6.92 Å². The first-order valence-corrected chi connectivity index (χ1v) is 6.62. The topological polar surface area (TPSA) is 54.0 Å². The number of nitrogens with zero attached hydrogens (tertiary/aromatic N) is 1. The molecule has 0 aliphatic carbocycles. The molecule has 1 aliphatic heterocycles. The van der Waals surface area contributed by atoms with Gasteiger partial charge in [0, 0.05) is 23.2 Å². The molecule has 0 spiro atoms. The highest BCUT2D eigenvalue weighted by atomic mass is 32.1. The maximum absolute atomic E-state index is 12.1. The average Bonchev–Trinajstić information content (AvgIpc) is 2.95. The average molecular weight is 259 g/mol. The van der Waals surface area contributed by atoms with E-state index in [-0.39, 0.29) is 11.9 Å². The van der Waals surface area contributed by atoms with Crippen molar-refractivity contribution in [3.05, 3.63) is 40.9 Å². The number of nitrogens with one attached hydrogen (secondary N) is 2. The summed E-state index contributed by atoms with van der Waals surface area (Å²) in [6.45, 7) is 1.97. The van der Waals surface area contributed by atoms with Crippen molar-refractivity contribution in [2.45, 2.75) is 19.4 Å². The Labute approximate surface area is 109 Å². The molecular formula is C13H13N3OS. The molecule has 0 saturated heterocycles. The van der Waals surface area contributed by atoms with Crippen molar-refractivity contribution >= 4 is 28.1 Å². The number of aromatic nitrogens is 1. The highest BCUT2D eigenvalue weighted by Gasteiger charge is 2.26. The van der Waals surface area contributed by atoms with Crippen LogP contribution < -0.4 is 10.6 Å². The smallest absolute Gasteiger partial charge is 0.248 e. The normalized spacial score (nSPS) is 17.1. The third kappa shape index (κ3) is 2.09. The molecule has 1 aliphatic rings. The van der Waals surface area contributed by atoms with E-state index in [1.165, 1.54) is 16.9 Å². The third-order valence-electron chi connectivity index (χ3n) is 2.94. The summed E-state index contributed by atoms with van der Waals surface area (Å²) < 4.78 is 0. The minimum absolute atomic E-state index is 0.0273. The Bertz CT molecular complexity index is 568. The first kappa shape index (κ1) is 11.2. The maximum Gasteiger partial charge on any atom is 0.248 e. The van der Waals surface area contributed by atoms with Crippen LogP contribution in [0.5, 0.6) is 0 Å². The Balaban J connectivity index is 1.69. The van der Waals surface area contributed by atoms with Crippen LogP contribution in [0.4, 0.5) is 10.8 Å². The molecule has 2 N–H and O–H groups in total. The number of aryl methyl sites for hydroxylation is 1. The van der Waals surface area contributed by atoms with Gasteiger partial charge in [0.15, 0.2) is 5.13 Å². The lowest BCUT2D eigenvalue weighted by Gasteiger charge is -2.09. The van der Waals surface area contributed by atoms with Crippen LogP contribution in [-0.4, -0.2) is 16.9 Å². The van der Waals surface area contributed by atoms with Gasteiger partial charge in [-0.1, -0.05) is 18.2 Å². The van der Waals surface area contributed by atoms with Crippen LogP contribution in [0.25, 0.3) is 0 Å². The molecule has 4 nitrogen and oxygen atoms in total. The summed E-state index contributed by atoms with van der Waals surface area (Å²) in [6.07, 6.45) is 2.49. The monoisotopic (exact) mass is 259 g/mol. The molecule has 1 aromatic carbocycles. The van der Waals surface area contributed by atoms with Gasteiger partial charge in [0.1, 0.15) is 6.04 Å². The number of hydrogen-bond acceptors (Lipinski definition) is 4. The number of fused-ring (bicyclic) bond motifs is 1. The summed E-state index contributed by atoms with van der Waals surface area (Å²) in [7, 11) is 0. The van der Waals surface area contributed by atoms with Crippen molar-refractivity contribution in [1.29, 1.82) is 0 Å². The molecule has 0 radical (unpaired) electrons. The van der Waals surface area contributed by atoms with Crippen molar-refractivity contribution in [3.63, 3.8) is 0 Å². The van der Waals surface area contributed by atoms with Crippen molar-refractivity contribution in [2.24, 2.45) is 0 Å². The Hall–Kier alpha value is -1.88. The van der Waals surface area contributed by atoms with Gasteiger partial charge in [-0.15, -0.1) is 11.3 Å². The fourth-order valence-corrected chi connectivity index (χ4v) is 2.73. The molecule has 18 heavy (non-hydrogen) atoms. The fraction of sp³-hybridized carbons (Fsp3) is 0.231. The van der Waals surface area contributed by atoms with Crippen LogP contribution in [0.15, 0.2) is 30.5 Å². The third-order valence-corrected chi connectivity index (χ3v) is 3.77. The zero-order chi connectivity index (χ0) is 12.5. The molecule has 1 atom stereocenters. The van der Waals surface area contributed by atoms with E-state index in [0.717, 1.165) is 17.0 Å². The van der Waals surface area contributed by atoms with Gasteiger partial charge >= 0.3 is 0 Å². The van der Waals surface area contributed by atoms with Gasteiger partial charge < -0.3 is 10.6 Å². The van der Waals surface area contributed by atoms with E-state index in [4.69, 9.17) is 0 Å². The van der Waals surface area contributed by atoms with E-state index >= 15 is 0 Å². The molecule has 0 bridgehead atoms. The van der Waals surface area contributed by atoms with Crippen molar-refractivity contribution in [3.8, 4) is 0 Å². The van der Waals surface area contributed by atoms with Gasteiger partial charge in [-0.25, -0.2) is 4.98 Å². The molecule has 2 heterocycles. The largest absolute Gasteiger partial charge is 0.373 e. The van der Waals surface area contributed by atoms with Crippen molar-refractivity contribution < 1.29 is 4.79 Å². The molecule has 1 unspecified atom stereocenters. The number of carbonyl (C=O) groups is 1. The first-order valence-electron chi connectivity index (χ1n) is 5.80. The Morgan fingerprint density at radius 2 is 2.33 bits per heavy atom. The molecule has 1 amide bonds. The van der Waals surface area contributed by atoms with Crippen molar-refractivity contribution in [1.82, 2.24) is 4.98 Å². The zero-order valence-electron chi connectivity index (χ0n) is 9.93. The van der Waals surface area contributed by atoms with Gasteiger partial charge in [0.25, 0.3) is 0 Å². The molecule has 0 fully saturated rings. The minimum Gasteiger partial charge on any atom is -0.373 e. The Morgan fingerprint density at radius 3 is 3.06 bits per heavy atom. The van der Waals surface area contributed by atoms with Crippen LogP contribution in [0.2, 0.25) is 0 Å². The van der Waals surface area contributed by atoms with Gasteiger partial charge in [-0.3, -0.25) is 4.79 Å². The second-order valence-electron chi connectivity index (χ2n) is 4.32. The summed E-state index contributed by atoms with van der Waals surface area (Å²) in [5.41, 5.74) is 2.24. The summed E-state index contributed by atoms with van der Waals surface area (Å²) in [6, 6.07) is 7.80. The van der Waals surface area contributed by atoms with Crippen molar-refractivity contribution in [2.75, 3.05) is 10.6 Å². The molecule has 2 aromatic rings. The number of rotatable bonds is 2. The number of amides is 1. The number of benzene rings is 1. The SMILES string of the molecule is Cc1cnc(NC(=O)C2Cc3ccccc3N2)s1. The van der Waals surface area contributed by atoms with E-state index in [9.17, 15) is 4.79 Å². The van der Waals surface area contributed by atoms with Gasteiger partial charge in [-0.05, 0) is 18.6 Å². The highest BCUT2D eigenvalue weighted by molar-refractivity contribution is 7.15. The van der Waals surface area contributed by atoms with E-state index in [1.807, 2.05) is 31.2 Å². The van der Waals surface area contributed by atoms with Gasteiger partial charge in [-0.2, -0.15) is 0 Å². The molecular weight excluding hydrogens is 246 g/mol. The molecule has 92 valence electrons. The number of anilines is 2. The van der Waals surface area contributed by atoms with E-state index in [0.29, 0.717) is 5.13 Å². The van der Waals surface area contributed by atoms with Crippen LogP contribution in [0.1, 0.15) is 10.4 Å². The second kappa shape index (κ2) is 4.42. The van der Waals surface area contributed by atoms with E-state index < -0.39 is 0 Å². The predicted octanol–water partition coefficient (Wildman–Crippen LogP) is 2.43. The lowest BCUT2D eigenvalue weighted by atomic mass is 10.1. The number of para-hydroxylation sites is 1. The molecule has 3 rings (SSSR count). The van der Waals surface area contributed by atoms with Crippen LogP contribution in [0.3, 0.4) is 0 Å². The van der Waals surface area contributed by atoms with Gasteiger partial charge in [0.05, 0.1) is 0 Å². The molecule has 5 heteroatoms. The number of hydrogen-bond donors (Lipinski definition) is 2. The highest BCUT2D eigenvalue weighted by Crippen LogP contribution is 2.26. The maximum atomic E-state index is 12.1. The fourth-order valence-electron chi connectivity index (χ4n) is 2.06. The Kier molecular flexibility index (Phi) is 2.76. The van der Waals surface area contributed by atoms with Crippen LogP contribution >= 0.6 is 11.3 Å². The zero-order valence-corrected chi connectivity index (χ0v) is 10.8. The molecule has 0 saturated carbocycles. The summed E-state index contributed by atoms with van der Waals surface area (Å²) in [5.74, 6) is -0.0273. The standard InChI is InChI=1S/C13H13N3OS/c1-8-7-14-13(18-8)16-12(17)11-6-9-4-2-3-5-10(9)15-11/h2-5,7,11,15H,6H2,1H3,(H,14,16,17). The summed E-state index contributed by atoms with van der Waals surface area (Å²) in [5, 5.41) is 6.73. The van der Waals surface area contributed by atoms with E-state index in [1.54, 1.807) is 6.20 Å². The Morgan fingerprint density at radius 1 is 1.50 bits per heavy atom. The van der Waals surface area contributed by atoms with Gasteiger partial charge in [0.2, 0.25) is 5.91 Å². The quantitative estimate of drug-likeness (QED) is 0.871. The number of thiazole rings is 1. The predicted molar refractivity (Wildman–Crippen MR) is 73.0 cm³/mol. The second-order valence-corrected chi connectivity index (χ2v) is 5.56. The molecule has 1 aromatic heterocycles. The summed E-state index contributed by atoms with van der Waals surface area (Å²) >= 11 is 1.49. The lowest BCUT2D eigenvalue weighted by molar-refractivity contribution is -0.116.